The van der Waals surface area contributed by atoms with Crippen LogP contribution in [0.5, 0.6) is 0 Å². The van der Waals surface area contributed by atoms with E-state index in [0.29, 0.717) is 12.1 Å². The molecule has 0 radical (unpaired) electrons. The van der Waals surface area contributed by atoms with Crippen molar-refractivity contribution in [2.24, 2.45) is 5.73 Å². The second-order valence-corrected chi connectivity index (χ2v) is 5.60. The summed E-state index contributed by atoms with van der Waals surface area (Å²) in [7, 11) is 0. The van der Waals surface area contributed by atoms with E-state index in [4.69, 9.17) is 5.73 Å². The average Bonchev–Trinajstić information content (AvgIpc) is 2.99. The molecule has 2 heterocycles. The first-order valence-corrected chi connectivity index (χ1v) is 7.28. The molecule has 3 aromatic rings. The van der Waals surface area contributed by atoms with Crippen LogP contribution in [0.15, 0.2) is 18.2 Å². The molecular formula is C14H15FN4S. The van der Waals surface area contributed by atoms with Gasteiger partial charge in [0.05, 0.1) is 16.1 Å². The summed E-state index contributed by atoms with van der Waals surface area (Å²) in [6.45, 7) is 5.09. The van der Waals surface area contributed by atoms with Crippen molar-refractivity contribution in [1.82, 2.24) is 14.5 Å². The quantitative estimate of drug-likeness (QED) is 0.806. The maximum atomic E-state index is 13.9. The van der Waals surface area contributed by atoms with Gasteiger partial charge in [0.15, 0.2) is 11.6 Å². The molecule has 2 N–H and O–H groups in total. The predicted octanol–water partition coefficient (Wildman–Crippen LogP) is 3.09. The van der Waals surface area contributed by atoms with Gasteiger partial charge in [0.25, 0.3) is 0 Å². The first-order chi connectivity index (χ1) is 9.65. The van der Waals surface area contributed by atoms with E-state index in [1.165, 1.54) is 17.4 Å². The van der Waals surface area contributed by atoms with Crippen LogP contribution in [0.1, 0.15) is 17.6 Å². The first-order valence-electron chi connectivity index (χ1n) is 6.47. The van der Waals surface area contributed by atoms with Crippen molar-refractivity contribution in [2.75, 3.05) is 0 Å². The number of hydrogen-bond acceptors (Lipinski definition) is 4. The monoisotopic (exact) mass is 290 g/mol. The first kappa shape index (κ1) is 13.2. The van der Waals surface area contributed by atoms with Crippen LogP contribution >= 0.6 is 11.3 Å². The lowest BCUT2D eigenvalue weighted by atomic mass is 10.3. The topological polar surface area (TPSA) is 56.7 Å². The Bertz CT molecular complexity index is 775. The minimum absolute atomic E-state index is 0.294. The van der Waals surface area contributed by atoms with Gasteiger partial charge in [-0.15, -0.1) is 11.3 Å². The van der Waals surface area contributed by atoms with Crippen molar-refractivity contribution in [2.45, 2.75) is 26.9 Å². The Morgan fingerprint density at radius 3 is 2.80 bits per heavy atom. The second-order valence-electron chi connectivity index (χ2n) is 4.51. The number of imidazole rings is 1. The third-order valence-corrected chi connectivity index (χ3v) is 4.44. The van der Waals surface area contributed by atoms with Gasteiger partial charge < -0.3 is 10.3 Å². The molecule has 6 heteroatoms. The molecular weight excluding hydrogens is 275 g/mol. The lowest BCUT2D eigenvalue weighted by Gasteiger charge is -2.04. The van der Waals surface area contributed by atoms with Crippen molar-refractivity contribution in [3.63, 3.8) is 0 Å². The Morgan fingerprint density at radius 1 is 1.35 bits per heavy atom. The number of thiazole rings is 1. The van der Waals surface area contributed by atoms with Crippen LogP contribution in [-0.2, 0) is 13.1 Å². The van der Waals surface area contributed by atoms with Gasteiger partial charge in [0.1, 0.15) is 10.5 Å². The Morgan fingerprint density at radius 2 is 2.15 bits per heavy atom. The molecule has 0 spiro atoms. The van der Waals surface area contributed by atoms with Gasteiger partial charge in [-0.2, -0.15) is 0 Å². The number of benzene rings is 1. The van der Waals surface area contributed by atoms with Crippen molar-refractivity contribution in [3.05, 3.63) is 34.7 Å². The summed E-state index contributed by atoms with van der Waals surface area (Å²) in [4.78, 5) is 9.86. The number of fused-ring (bicyclic) bond motifs is 1. The highest BCUT2D eigenvalue weighted by molar-refractivity contribution is 7.15. The lowest BCUT2D eigenvalue weighted by molar-refractivity contribution is 0.637. The Kier molecular flexibility index (Phi) is 3.27. The molecule has 2 aromatic heterocycles. The standard InChI is InChI=1S/C14H15FN4S/c1-3-19-10-6-4-5-9(15)12(10)18-14(19)13-8(2)17-11(7-16)20-13/h4-6H,3,7,16H2,1-2H3. The zero-order chi connectivity index (χ0) is 14.3. The molecule has 3 rings (SSSR count). The number of halogens is 1. The highest BCUT2D eigenvalue weighted by atomic mass is 32.1. The molecule has 0 fully saturated rings. The zero-order valence-electron chi connectivity index (χ0n) is 11.4. The maximum absolute atomic E-state index is 13.9. The third kappa shape index (κ3) is 1.92. The Hall–Kier alpha value is -1.79. The number of nitrogens with zero attached hydrogens (tertiary/aromatic N) is 3. The molecule has 4 nitrogen and oxygen atoms in total. The molecule has 0 aliphatic rings. The SMILES string of the molecule is CCn1c(-c2sc(CN)nc2C)nc2c(F)cccc21. The second kappa shape index (κ2) is 4.96. The number of aromatic nitrogens is 3. The molecule has 0 saturated carbocycles. The van der Waals surface area contributed by atoms with Crippen molar-refractivity contribution < 1.29 is 4.39 Å². The molecule has 0 aliphatic carbocycles. The largest absolute Gasteiger partial charge is 0.325 e. The molecule has 0 bridgehead atoms. The predicted molar refractivity (Wildman–Crippen MR) is 79.1 cm³/mol. The van der Waals surface area contributed by atoms with Crippen LogP contribution in [-0.4, -0.2) is 14.5 Å². The molecule has 1 aromatic carbocycles. The van der Waals surface area contributed by atoms with Gasteiger partial charge in [0.2, 0.25) is 0 Å². The molecule has 0 amide bonds. The fourth-order valence-electron chi connectivity index (χ4n) is 2.35. The van der Waals surface area contributed by atoms with Gasteiger partial charge in [-0.3, -0.25) is 0 Å². The molecule has 0 unspecified atom stereocenters. The van der Waals surface area contributed by atoms with E-state index in [9.17, 15) is 4.39 Å². The number of rotatable bonds is 3. The fourth-order valence-corrected chi connectivity index (χ4v) is 3.30. The average molecular weight is 290 g/mol. The van der Waals surface area contributed by atoms with Gasteiger partial charge in [-0.1, -0.05) is 6.07 Å². The Labute approximate surface area is 120 Å². The van der Waals surface area contributed by atoms with Crippen molar-refractivity contribution in [1.29, 1.82) is 0 Å². The van der Waals surface area contributed by atoms with Gasteiger partial charge in [-0.05, 0) is 26.0 Å². The summed E-state index contributed by atoms with van der Waals surface area (Å²) < 4.78 is 15.9. The number of hydrogen-bond donors (Lipinski definition) is 1. The summed E-state index contributed by atoms with van der Waals surface area (Å²) in [6, 6.07) is 5.03. The lowest BCUT2D eigenvalue weighted by Crippen LogP contribution is -1.97. The number of nitrogens with two attached hydrogens (primary N) is 1. The number of para-hydroxylation sites is 1. The summed E-state index contributed by atoms with van der Waals surface area (Å²) in [5.41, 5.74) is 7.75. The van der Waals surface area contributed by atoms with Crippen LogP contribution in [0, 0.1) is 12.7 Å². The van der Waals surface area contributed by atoms with E-state index in [1.54, 1.807) is 6.07 Å². The third-order valence-electron chi connectivity index (χ3n) is 3.26. The molecule has 20 heavy (non-hydrogen) atoms. The molecule has 0 aliphatic heterocycles. The van der Waals surface area contributed by atoms with E-state index in [0.717, 1.165) is 33.5 Å². The van der Waals surface area contributed by atoms with Crippen LogP contribution in [0.4, 0.5) is 4.39 Å². The molecule has 0 saturated heterocycles. The van der Waals surface area contributed by atoms with E-state index < -0.39 is 0 Å². The van der Waals surface area contributed by atoms with E-state index in [1.807, 2.05) is 24.5 Å². The van der Waals surface area contributed by atoms with Crippen molar-refractivity contribution >= 4 is 22.4 Å². The zero-order valence-corrected chi connectivity index (χ0v) is 12.2. The Balaban J connectivity index is 2.30. The summed E-state index contributed by atoms with van der Waals surface area (Å²) in [6.07, 6.45) is 0. The van der Waals surface area contributed by atoms with Crippen LogP contribution in [0.25, 0.3) is 21.7 Å². The highest BCUT2D eigenvalue weighted by Crippen LogP contribution is 2.32. The van der Waals surface area contributed by atoms with E-state index >= 15 is 0 Å². The normalized spacial score (nSPS) is 11.4. The van der Waals surface area contributed by atoms with Gasteiger partial charge in [0, 0.05) is 13.1 Å². The molecule has 104 valence electrons. The maximum Gasteiger partial charge on any atom is 0.153 e. The van der Waals surface area contributed by atoms with Crippen molar-refractivity contribution in [3.8, 4) is 10.7 Å². The summed E-state index contributed by atoms with van der Waals surface area (Å²) in [5, 5.41) is 0.868. The smallest absolute Gasteiger partial charge is 0.153 e. The minimum atomic E-state index is -0.294. The van der Waals surface area contributed by atoms with Crippen LogP contribution < -0.4 is 5.73 Å². The molecule has 0 atom stereocenters. The summed E-state index contributed by atoms with van der Waals surface area (Å²) >= 11 is 1.52. The fraction of sp³-hybridized carbons (Fsp3) is 0.286. The van der Waals surface area contributed by atoms with Crippen LogP contribution in [0.3, 0.4) is 0 Å². The van der Waals surface area contributed by atoms with E-state index in [2.05, 4.69) is 9.97 Å². The summed E-state index contributed by atoms with van der Waals surface area (Å²) in [5.74, 6) is 0.472. The number of aryl methyl sites for hydroxylation is 2. The highest BCUT2D eigenvalue weighted by Gasteiger charge is 2.18. The van der Waals surface area contributed by atoms with Crippen LogP contribution in [0.2, 0.25) is 0 Å². The van der Waals surface area contributed by atoms with E-state index in [-0.39, 0.29) is 5.82 Å². The minimum Gasteiger partial charge on any atom is -0.325 e. The van der Waals surface area contributed by atoms with Gasteiger partial charge >= 0.3 is 0 Å². The van der Waals surface area contributed by atoms with Gasteiger partial charge in [-0.25, -0.2) is 14.4 Å².